The number of piperazine rings is 1. The second kappa shape index (κ2) is 7.04. The number of benzene rings is 1. The van der Waals surface area contributed by atoms with Gasteiger partial charge < -0.3 is 9.84 Å². The summed E-state index contributed by atoms with van der Waals surface area (Å²) in [4.78, 5) is 4.83. The van der Waals surface area contributed by atoms with Crippen LogP contribution >= 0.6 is 23.2 Å². The number of ether oxygens (including phenoxy) is 1. The van der Waals surface area contributed by atoms with E-state index in [1.54, 1.807) is 0 Å². The highest BCUT2D eigenvalue weighted by molar-refractivity contribution is 6.42. The third-order valence-corrected chi connectivity index (χ3v) is 5.46. The van der Waals surface area contributed by atoms with E-state index in [-0.39, 0.29) is 12.0 Å². The van der Waals surface area contributed by atoms with Gasteiger partial charge in [-0.3, -0.25) is 9.80 Å². The largest absolute Gasteiger partial charge is 0.396 e. The monoisotopic (exact) mass is 344 g/mol. The van der Waals surface area contributed by atoms with E-state index in [9.17, 15) is 5.11 Å². The minimum atomic E-state index is -0.0293. The van der Waals surface area contributed by atoms with E-state index in [4.69, 9.17) is 27.9 Å². The summed E-state index contributed by atoms with van der Waals surface area (Å²) in [6.07, 6.45) is 0. The number of nitrogens with zero attached hydrogens (tertiary/aromatic N) is 2. The van der Waals surface area contributed by atoms with E-state index < -0.39 is 0 Å². The van der Waals surface area contributed by atoms with Crippen LogP contribution in [0, 0.1) is 5.41 Å². The van der Waals surface area contributed by atoms with Gasteiger partial charge in [-0.25, -0.2) is 0 Å². The van der Waals surface area contributed by atoms with Crippen molar-refractivity contribution < 1.29 is 9.84 Å². The minimum Gasteiger partial charge on any atom is -0.396 e. The van der Waals surface area contributed by atoms with E-state index in [1.165, 1.54) is 0 Å². The van der Waals surface area contributed by atoms with Gasteiger partial charge >= 0.3 is 0 Å². The Balaban J connectivity index is 1.50. The van der Waals surface area contributed by atoms with Gasteiger partial charge in [-0.15, -0.1) is 0 Å². The number of aliphatic hydroxyl groups is 1. The molecule has 22 heavy (non-hydrogen) atoms. The molecule has 0 radical (unpaired) electrons. The Hall–Kier alpha value is -0.360. The smallest absolute Gasteiger partial charge is 0.0637 e. The number of aliphatic hydroxyl groups excluding tert-OH is 1. The third-order valence-electron chi connectivity index (χ3n) is 4.60. The highest BCUT2D eigenvalue weighted by Gasteiger charge is 2.40. The maximum atomic E-state index is 9.53. The average Bonchev–Trinajstić information content (AvgIpc) is 2.49. The molecule has 2 aliphatic rings. The molecular formula is C16H22Cl2N2O2. The molecule has 1 aromatic carbocycles. The molecule has 0 unspecified atom stereocenters. The number of hydrogen-bond donors (Lipinski definition) is 1. The molecule has 6 heteroatoms. The minimum absolute atomic E-state index is 0.0293. The summed E-state index contributed by atoms with van der Waals surface area (Å²) < 4.78 is 5.27. The van der Waals surface area contributed by atoms with Crippen molar-refractivity contribution in [2.75, 3.05) is 52.5 Å². The summed E-state index contributed by atoms with van der Waals surface area (Å²) in [6, 6.07) is 5.80. The van der Waals surface area contributed by atoms with Crippen molar-refractivity contribution in [3.05, 3.63) is 33.8 Å². The molecule has 1 N–H and O–H groups in total. The zero-order valence-electron chi connectivity index (χ0n) is 12.6. The molecular weight excluding hydrogens is 323 g/mol. The van der Waals surface area contributed by atoms with Crippen LogP contribution in [0.5, 0.6) is 0 Å². The summed E-state index contributed by atoms with van der Waals surface area (Å²) in [5, 5.41) is 10.8. The maximum absolute atomic E-state index is 9.53. The predicted octanol–water partition coefficient (Wildman–Crippen LogP) is 2.12. The highest BCUT2D eigenvalue weighted by atomic mass is 35.5. The topological polar surface area (TPSA) is 35.9 Å². The van der Waals surface area contributed by atoms with Crippen molar-refractivity contribution in [3.63, 3.8) is 0 Å². The molecule has 2 saturated heterocycles. The Morgan fingerprint density at radius 2 is 1.77 bits per heavy atom. The van der Waals surface area contributed by atoms with E-state index >= 15 is 0 Å². The molecule has 3 rings (SSSR count). The second-order valence-corrected chi connectivity index (χ2v) is 7.20. The van der Waals surface area contributed by atoms with Crippen LogP contribution in [0.15, 0.2) is 18.2 Å². The van der Waals surface area contributed by atoms with Gasteiger partial charge in [-0.1, -0.05) is 35.3 Å². The molecule has 2 fully saturated rings. The van der Waals surface area contributed by atoms with Gasteiger partial charge in [0.1, 0.15) is 0 Å². The molecule has 0 bridgehead atoms. The first-order valence-corrected chi connectivity index (χ1v) is 8.44. The fraction of sp³-hybridized carbons (Fsp3) is 0.625. The first kappa shape index (κ1) is 16.5. The molecule has 2 heterocycles. The molecule has 4 nitrogen and oxygen atoms in total. The number of halogens is 2. The Labute approximate surface area is 141 Å². The van der Waals surface area contributed by atoms with Gasteiger partial charge in [-0.05, 0) is 11.6 Å². The van der Waals surface area contributed by atoms with E-state index in [0.29, 0.717) is 23.3 Å². The second-order valence-electron chi connectivity index (χ2n) is 6.42. The Kier molecular flexibility index (Phi) is 5.28. The first-order chi connectivity index (χ1) is 10.6. The van der Waals surface area contributed by atoms with E-state index in [2.05, 4.69) is 9.80 Å². The van der Waals surface area contributed by atoms with Gasteiger partial charge in [0.2, 0.25) is 0 Å². The van der Waals surface area contributed by atoms with Crippen LogP contribution in [0.4, 0.5) is 0 Å². The summed E-state index contributed by atoms with van der Waals surface area (Å²) >= 11 is 12.3. The van der Waals surface area contributed by atoms with Crippen LogP contribution in [-0.2, 0) is 11.3 Å². The SMILES string of the molecule is OCC1(CN2CCN(Cc3cccc(Cl)c3Cl)CC2)COC1. The highest BCUT2D eigenvalue weighted by Crippen LogP contribution is 2.29. The lowest BCUT2D eigenvalue weighted by atomic mass is 9.86. The Bertz CT molecular complexity index is 509. The first-order valence-electron chi connectivity index (χ1n) is 7.68. The normalized spacial score (nSPS) is 22.5. The molecule has 0 saturated carbocycles. The van der Waals surface area contributed by atoms with Crippen molar-refractivity contribution in [2.45, 2.75) is 6.54 Å². The van der Waals surface area contributed by atoms with Gasteiger partial charge in [0.25, 0.3) is 0 Å². The number of rotatable bonds is 5. The zero-order chi connectivity index (χ0) is 15.6. The summed E-state index contributed by atoms with van der Waals surface area (Å²) in [6.45, 7) is 7.38. The molecule has 0 atom stereocenters. The fourth-order valence-electron chi connectivity index (χ4n) is 3.11. The molecule has 1 aromatic rings. The van der Waals surface area contributed by atoms with Gasteiger partial charge in [-0.2, -0.15) is 0 Å². The standard InChI is InChI=1S/C16H22Cl2N2O2/c17-14-3-1-2-13(15(14)18)8-19-4-6-20(7-5-19)9-16(10-21)11-22-12-16/h1-3,21H,4-12H2. The quantitative estimate of drug-likeness (QED) is 0.887. The van der Waals surface area contributed by atoms with Crippen LogP contribution in [0.3, 0.4) is 0 Å². The lowest BCUT2D eigenvalue weighted by Gasteiger charge is -2.45. The van der Waals surface area contributed by atoms with Crippen LogP contribution in [0.1, 0.15) is 5.56 Å². The Morgan fingerprint density at radius 3 is 2.36 bits per heavy atom. The van der Waals surface area contributed by atoms with Crippen molar-refractivity contribution in [2.24, 2.45) is 5.41 Å². The lowest BCUT2D eigenvalue weighted by Crippen LogP contribution is -2.56. The van der Waals surface area contributed by atoms with Crippen molar-refractivity contribution in [1.82, 2.24) is 9.80 Å². The van der Waals surface area contributed by atoms with Crippen molar-refractivity contribution in [1.29, 1.82) is 0 Å². The predicted molar refractivity (Wildman–Crippen MR) is 88.5 cm³/mol. The summed E-state index contributed by atoms with van der Waals surface area (Å²) in [5.74, 6) is 0. The Morgan fingerprint density at radius 1 is 1.09 bits per heavy atom. The zero-order valence-corrected chi connectivity index (χ0v) is 14.1. The number of hydrogen-bond acceptors (Lipinski definition) is 4. The molecule has 2 aliphatic heterocycles. The van der Waals surface area contributed by atoms with E-state index in [1.807, 2.05) is 18.2 Å². The van der Waals surface area contributed by atoms with E-state index in [0.717, 1.165) is 44.8 Å². The molecule has 0 spiro atoms. The summed E-state index contributed by atoms with van der Waals surface area (Å²) in [7, 11) is 0. The molecule has 0 aliphatic carbocycles. The van der Waals surface area contributed by atoms with Crippen molar-refractivity contribution >= 4 is 23.2 Å². The molecule has 122 valence electrons. The van der Waals surface area contributed by atoms with Gasteiger partial charge in [0, 0.05) is 39.3 Å². The van der Waals surface area contributed by atoms with Crippen LogP contribution in [-0.4, -0.2) is 67.5 Å². The fourth-order valence-corrected chi connectivity index (χ4v) is 3.49. The maximum Gasteiger partial charge on any atom is 0.0637 e. The van der Waals surface area contributed by atoms with Crippen LogP contribution in [0.25, 0.3) is 0 Å². The average molecular weight is 345 g/mol. The third kappa shape index (κ3) is 3.58. The molecule has 0 amide bonds. The summed E-state index contributed by atoms with van der Waals surface area (Å²) in [5.41, 5.74) is 1.06. The molecule has 0 aromatic heterocycles. The van der Waals surface area contributed by atoms with Crippen LogP contribution < -0.4 is 0 Å². The van der Waals surface area contributed by atoms with Crippen LogP contribution in [0.2, 0.25) is 10.0 Å². The van der Waals surface area contributed by atoms with Crippen molar-refractivity contribution in [3.8, 4) is 0 Å². The van der Waals surface area contributed by atoms with Gasteiger partial charge in [0.05, 0.1) is 35.3 Å². The van der Waals surface area contributed by atoms with Gasteiger partial charge in [0.15, 0.2) is 0 Å². The lowest BCUT2D eigenvalue weighted by molar-refractivity contribution is -0.150.